The summed E-state index contributed by atoms with van der Waals surface area (Å²) in [5.41, 5.74) is 5.49. The van der Waals surface area contributed by atoms with Crippen molar-refractivity contribution in [3.63, 3.8) is 0 Å². The van der Waals surface area contributed by atoms with Gasteiger partial charge in [0.05, 0.1) is 5.25 Å². The van der Waals surface area contributed by atoms with E-state index in [1.165, 1.54) is 11.8 Å². The number of hydrazine groups is 1. The van der Waals surface area contributed by atoms with Crippen molar-refractivity contribution in [2.45, 2.75) is 43.9 Å². The van der Waals surface area contributed by atoms with Crippen LogP contribution in [0.5, 0.6) is 0 Å². The molecule has 1 aromatic carbocycles. The Bertz CT molecular complexity index is 543. The number of nitrogens with one attached hydrogen (secondary N) is 3. The van der Waals surface area contributed by atoms with Crippen molar-refractivity contribution in [1.29, 1.82) is 0 Å². The molecular formula is C15H21N3O3S. The average Bonchev–Trinajstić information content (AvgIpc) is 2.45. The van der Waals surface area contributed by atoms with Crippen LogP contribution in [0.15, 0.2) is 29.2 Å². The second kappa shape index (κ2) is 8.43. The minimum absolute atomic E-state index is 0.148. The smallest absolute Gasteiger partial charge is 0.327 e. The van der Waals surface area contributed by atoms with Crippen molar-refractivity contribution in [2.75, 3.05) is 0 Å². The Morgan fingerprint density at radius 1 is 0.955 bits per heavy atom. The molecule has 3 amide bonds. The third kappa shape index (κ3) is 6.17. The predicted octanol–water partition coefficient (Wildman–Crippen LogP) is 1.15. The van der Waals surface area contributed by atoms with Gasteiger partial charge in [0.15, 0.2) is 0 Å². The minimum atomic E-state index is -0.894. The van der Waals surface area contributed by atoms with E-state index in [1.54, 1.807) is 20.8 Å². The van der Waals surface area contributed by atoms with E-state index in [1.807, 2.05) is 31.2 Å². The van der Waals surface area contributed by atoms with Crippen LogP contribution in [0.3, 0.4) is 0 Å². The van der Waals surface area contributed by atoms with Gasteiger partial charge in [0.25, 0.3) is 5.91 Å². The highest BCUT2D eigenvalue weighted by Crippen LogP contribution is 2.23. The predicted molar refractivity (Wildman–Crippen MR) is 86.1 cm³/mol. The van der Waals surface area contributed by atoms with E-state index in [0.29, 0.717) is 0 Å². The number of aryl methyl sites for hydroxylation is 1. The monoisotopic (exact) mass is 323 g/mol. The third-order valence-corrected chi connectivity index (χ3v) is 3.74. The molecule has 6 nitrogen and oxygen atoms in total. The van der Waals surface area contributed by atoms with E-state index >= 15 is 0 Å². The van der Waals surface area contributed by atoms with Gasteiger partial charge in [-0.3, -0.25) is 25.2 Å². The molecule has 0 aliphatic rings. The number of thioether (sulfide) groups is 1. The number of carbonyl (C=O) groups excluding carboxylic acids is 3. The molecule has 7 heteroatoms. The molecule has 22 heavy (non-hydrogen) atoms. The number of rotatable bonds is 4. The zero-order chi connectivity index (χ0) is 16.7. The molecule has 0 aromatic heterocycles. The molecule has 0 spiro atoms. The average molecular weight is 323 g/mol. The van der Waals surface area contributed by atoms with Gasteiger partial charge in [0, 0.05) is 10.9 Å². The second-order valence-electron chi connectivity index (χ2n) is 5.14. The molecule has 0 unspecified atom stereocenters. The Labute approximate surface area is 134 Å². The van der Waals surface area contributed by atoms with Gasteiger partial charge in [-0.1, -0.05) is 17.7 Å². The maximum atomic E-state index is 11.9. The van der Waals surface area contributed by atoms with Crippen LogP contribution in [-0.2, 0) is 14.4 Å². The fourth-order valence-corrected chi connectivity index (χ4v) is 2.35. The zero-order valence-corrected chi connectivity index (χ0v) is 13.9. The van der Waals surface area contributed by atoms with Crippen LogP contribution in [0.2, 0.25) is 0 Å². The molecule has 1 rings (SSSR count). The number of carbonyl (C=O) groups is 3. The standard InChI is InChI=1S/C15H21N3O3S/c1-9(2)16-14(20)15(21)18-17-13(19)11(4)22-12-7-5-10(3)6-8-12/h5-9,11H,1-4H3,(H,16,20)(H,17,19)(H,18,21)/t11-/m1/s1. The summed E-state index contributed by atoms with van der Waals surface area (Å²) in [5.74, 6) is -2.06. The first-order valence-corrected chi connectivity index (χ1v) is 7.81. The normalized spacial score (nSPS) is 11.7. The molecule has 120 valence electrons. The maximum Gasteiger partial charge on any atom is 0.327 e. The van der Waals surface area contributed by atoms with Crippen LogP contribution in [0, 0.1) is 6.92 Å². The Kier molecular flexibility index (Phi) is 6.91. The number of hydrogen-bond donors (Lipinski definition) is 3. The Morgan fingerprint density at radius 2 is 1.55 bits per heavy atom. The van der Waals surface area contributed by atoms with Gasteiger partial charge in [-0.05, 0) is 39.8 Å². The number of amides is 3. The summed E-state index contributed by atoms with van der Waals surface area (Å²) in [6, 6.07) is 7.64. The van der Waals surface area contributed by atoms with Gasteiger partial charge in [-0.15, -0.1) is 11.8 Å². The van der Waals surface area contributed by atoms with Gasteiger partial charge in [0.1, 0.15) is 0 Å². The third-order valence-electron chi connectivity index (χ3n) is 2.63. The molecule has 0 bridgehead atoms. The summed E-state index contributed by atoms with van der Waals surface area (Å²) in [6.45, 7) is 7.19. The summed E-state index contributed by atoms with van der Waals surface area (Å²) >= 11 is 1.37. The first kappa shape index (κ1) is 18.0. The minimum Gasteiger partial charge on any atom is -0.346 e. The van der Waals surface area contributed by atoms with E-state index < -0.39 is 17.1 Å². The molecule has 0 radical (unpaired) electrons. The van der Waals surface area contributed by atoms with Crippen LogP contribution in [0.25, 0.3) is 0 Å². The van der Waals surface area contributed by atoms with Crippen LogP contribution < -0.4 is 16.2 Å². The molecule has 0 aliphatic heterocycles. The Morgan fingerprint density at radius 3 is 2.09 bits per heavy atom. The summed E-state index contributed by atoms with van der Waals surface area (Å²) in [5, 5.41) is 2.03. The highest BCUT2D eigenvalue weighted by atomic mass is 32.2. The van der Waals surface area contributed by atoms with Gasteiger partial charge in [-0.25, -0.2) is 0 Å². The Hall–Kier alpha value is -2.02. The van der Waals surface area contributed by atoms with E-state index in [4.69, 9.17) is 0 Å². The van der Waals surface area contributed by atoms with Gasteiger partial charge in [-0.2, -0.15) is 0 Å². The number of benzene rings is 1. The van der Waals surface area contributed by atoms with Crippen LogP contribution >= 0.6 is 11.8 Å². The van der Waals surface area contributed by atoms with Gasteiger partial charge >= 0.3 is 11.8 Å². The van der Waals surface area contributed by atoms with Gasteiger partial charge in [0.2, 0.25) is 0 Å². The lowest BCUT2D eigenvalue weighted by Gasteiger charge is -2.13. The van der Waals surface area contributed by atoms with Crippen molar-refractivity contribution in [3.05, 3.63) is 29.8 Å². The summed E-state index contributed by atoms with van der Waals surface area (Å²) in [7, 11) is 0. The lowest BCUT2D eigenvalue weighted by Crippen LogP contribution is -2.51. The van der Waals surface area contributed by atoms with Crippen LogP contribution in [-0.4, -0.2) is 29.0 Å². The lowest BCUT2D eigenvalue weighted by atomic mass is 10.2. The first-order chi connectivity index (χ1) is 10.3. The fourth-order valence-electron chi connectivity index (χ4n) is 1.48. The summed E-state index contributed by atoms with van der Waals surface area (Å²) in [4.78, 5) is 35.7. The highest BCUT2D eigenvalue weighted by molar-refractivity contribution is 8.00. The van der Waals surface area contributed by atoms with Crippen molar-refractivity contribution < 1.29 is 14.4 Å². The molecule has 0 fully saturated rings. The van der Waals surface area contributed by atoms with Crippen molar-refractivity contribution in [1.82, 2.24) is 16.2 Å². The lowest BCUT2D eigenvalue weighted by molar-refractivity contribution is -0.141. The molecule has 0 heterocycles. The first-order valence-electron chi connectivity index (χ1n) is 6.93. The quantitative estimate of drug-likeness (QED) is 0.441. The van der Waals surface area contributed by atoms with Gasteiger partial charge < -0.3 is 5.32 Å². The molecule has 3 N–H and O–H groups in total. The Balaban J connectivity index is 2.42. The number of hydrogen-bond acceptors (Lipinski definition) is 4. The molecule has 0 aliphatic carbocycles. The fraction of sp³-hybridized carbons (Fsp3) is 0.400. The van der Waals surface area contributed by atoms with Crippen LogP contribution in [0.1, 0.15) is 26.3 Å². The zero-order valence-electron chi connectivity index (χ0n) is 13.1. The maximum absolute atomic E-state index is 11.9. The molecule has 1 aromatic rings. The molecule has 0 saturated heterocycles. The highest BCUT2D eigenvalue weighted by Gasteiger charge is 2.18. The van der Waals surface area contributed by atoms with Crippen LogP contribution in [0.4, 0.5) is 0 Å². The van der Waals surface area contributed by atoms with E-state index in [-0.39, 0.29) is 11.9 Å². The summed E-state index contributed by atoms with van der Waals surface area (Å²) in [6.07, 6.45) is 0. The molecule has 1 atom stereocenters. The largest absolute Gasteiger partial charge is 0.346 e. The second-order valence-corrected chi connectivity index (χ2v) is 6.56. The van der Waals surface area contributed by atoms with E-state index in [9.17, 15) is 14.4 Å². The molecule has 0 saturated carbocycles. The van der Waals surface area contributed by atoms with E-state index in [2.05, 4.69) is 16.2 Å². The SMILES string of the molecule is Cc1ccc(S[C@H](C)C(=O)NNC(=O)C(=O)NC(C)C)cc1. The van der Waals surface area contributed by atoms with E-state index in [0.717, 1.165) is 10.5 Å². The summed E-state index contributed by atoms with van der Waals surface area (Å²) < 4.78 is 0. The van der Waals surface area contributed by atoms with Crippen molar-refractivity contribution >= 4 is 29.5 Å². The van der Waals surface area contributed by atoms with Crippen molar-refractivity contribution in [2.24, 2.45) is 0 Å². The molecular weight excluding hydrogens is 302 g/mol. The van der Waals surface area contributed by atoms with Crippen molar-refractivity contribution in [3.8, 4) is 0 Å². The topological polar surface area (TPSA) is 87.3 Å².